The fourth-order valence-corrected chi connectivity index (χ4v) is 3.55. The van der Waals surface area contributed by atoms with Gasteiger partial charge in [-0.2, -0.15) is 0 Å². The fourth-order valence-electron chi connectivity index (χ4n) is 2.48. The normalized spacial score (nSPS) is 13.0. The topological polar surface area (TPSA) is 66.5 Å². The Morgan fingerprint density at radius 1 is 1.04 bits per heavy atom. The average molecular weight is 360 g/mol. The number of hydrogen-bond donors (Lipinski definition) is 1. The molecule has 2 rings (SSSR count). The maximum atomic E-state index is 12.5. The summed E-state index contributed by atoms with van der Waals surface area (Å²) in [6, 6.07) is 16.0. The number of hydrogen-bond acceptors (Lipinski definition) is 4. The summed E-state index contributed by atoms with van der Waals surface area (Å²) in [5, 5.41) is 0. The molecule has 134 valence electrons. The van der Waals surface area contributed by atoms with E-state index in [9.17, 15) is 13.2 Å². The first kappa shape index (κ1) is 19.3. The summed E-state index contributed by atoms with van der Waals surface area (Å²) in [6.07, 6.45) is 0.750. The Bertz CT molecular complexity index is 800. The highest BCUT2D eigenvalue weighted by Crippen LogP contribution is 2.12. The minimum Gasteiger partial charge on any atom is -0.305 e. The van der Waals surface area contributed by atoms with Gasteiger partial charge in [-0.25, -0.2) is 13.1 Å². The molecule has 1 atom stereocenters. The van der Waals surface area contributed by atoms with E-state index in [1.165, 1.54) is 31.2 Å². The molecule has 0 spiro atoms. The summed E-state index contributed by atoms with van der Waals surface area (Å²) < 4.78 is 27.6. The largest absolute Gasteiger partial charge is 0.305 e. The molecule has 0 saturated carbocycles. The summed E-state index contributed by atoms with van der Waals surface area (Å²) in [5.74, 6) is -0.0903. The Kier molecular flexibility index (Phi) is 6.47. The van der Waals surface area contributed by atoms with Crippen LogP contribution in [-0.2, 0) is 16.4 Å². The van der Waals surface area contributed by atoms with Crippen molar-refractivity contribution < 1.29 is 13.2 Å². The summed E-state index contributed by atoms with van der Waals surface area (Å²) in [7, 11) is 0.257. The van der Waals surface area contributed by atoms with E-state index < -0.39 is 10.0 Å². The lowest BCUT2D eigenvalue weighted by molar-refractivity contribution is 0.101. The number of benzene rings is 2. The Morgan fingerprint density at radius 3 is 2.16 bits per heavy atom. The van der Waals surface area contributed by atoms with Gasteiger partial charge in [0.05, 0.1) is 4.90 Å². The van der Waals surface area contributed by atoms with E-state index >= 15 is 0 Å². The minimum absolute atomic E-state index is 0.0358. The number of likely N-dealkylation sites (N-methyl/N-ethyl adjacent to an activating group) is 1. The highest BCUT2D eigenvalue weighted by Gasteiger charge is 2.19. The number of carbonyl (C=O) groups is 1. The zero-order chi connectivity index (χ0) is 18.4. The van der Waals surface area contributed by atoms with Gasteiger partial charge in [0.25, 0.3) is 0 Å². The van der Waals surface area contributed by atoms with Gasteiger partial charge in [-0.1, -0.05) is 42.5 Å². The zero-order valence-electron chi connectivity index (χ0n) is 14.8. The van der Waals surface area contributed by atoms with Gasteiger partial charge >= 0.3 is 0 Å². The monoisotopic (exact) mass is 360 g/mol. The van der Waals surface area contributed by atoms with Crippen molar-refractivity contribution >= 4 is 15.8 Å². The van der Waals surface area contributed by atoms with Gasteiger partial charge < -0.3 is 4.90 Å². The molecule has 6 heteroatoms. The van der Waals surface area contributed by atoms with Crippen molar-refractivity contribution in [3.05, 3.63) is 65.7 Å². The second kappa shape index (κ2) is 8.38. The molecule has 2 aromatic carbocycles. The van der Waals surface area contributed by atoms with Crippen molar-refractivity contribution in [3.63, 3.8) is 0 Å². The van der Waals surface area contributed by atoms with Crippen molar-refractivity contribution in [2.24, 2.45) is 0 Å². The van der Waals surface area contributed by atoms with Gasteiger partial charge in [0.1, 0.15) is 0 Å². The minimum atomic E-state index is -3.61. The number of ketones is 1. The van der Waals surface area contributed by atoms with Crippen LogP contribution >= 0.6 is 0 Å². The summed E-state index contributed by atoms with van der Waals surface area (Å²) in [6.45, 7) is 1.76. The van der Waals surface area contributed by atoms with E-state index in [1.807, 2.05) is 49.3 Å². The molecule has 0 saturated heterocycles. The molecule has 0 aromatic heterocycles. The molecule has 1 N–H and O–H groups in total. The third-order valence-corrected chi connectivity index (χ3v) is 5.56. The van der Waals surface area contributed by atoms with Crippen molar-refractivity contribution in [1.29, 1.82) is 0 Å². The molecule has 0 bridgehead atoms. The van der Waals surface area contributed by atoms with Crippen molar-refractivity contribution in [3.8, 4) is 0 Å². The van der Waals surface area contributed by atoms with Crippen LogP contribution in [-0.4, -0.2) is 45.8 Å². The van der Waals surface area contributed by atoms with Crippen LogP contribution in [0.1, 0.15) is 22.8 Å². The van der Waals surface area contributed by atoms with E-state index in [4.69, 9.17) is 0 Å². The van der Waals surface area contributed by atoms with E-state index in [0.29, 0.717) is 12.1 Å². The number of sulfonamides is 1. The predicted molar refractivity (Wildman–Crippen MR) is 99.3 cm³/mol. The third-order valence-electron chi connectivity index (χ3n) is 4.12. The van der Waals surface area contributed by atoms with Crippen molar-refractivity contribution in [2.75, 3.05) is 20.6 Å². The van der Waals surface area contributed by atoms with Gasteiger partial charge in [0, 0.05) is 18.2 Å². The summed E-state index contributed by atoms with van der Waals surface area (Å²) >= 11 is 0. The maximum absolute atomic E-state index is 12.5. The first-order valence-corrected chi connectivity index (χ1v) is 9.59. The van der Waals surface area contributed by atoms with Crippen LogP contribution in [0.3, 0.4) is 0 Å². The summed E-state index contributed by atoms with van der Waals surface area (Å²) in [5.41, 5.74) is 1.65. The number of nitrogens with zero attached hydrogens (tertiary/aromatic N) is 1. The average Bonchev–Trinajstić information content (AvgIpc) is 2.59. The lowest BCUT2D eigenvalue weighted by Crippen LogP contribution is -2.41. The lowest BCUT2D eigenvalue weighted by atomic mass is 10.1. The molecule has 25 heavy (non-hydrogen) atoms. The lowest BCUT2D eigenvalue weighted by Gasteiger charge is -2.24. The fraction of sp³-hybridized carbons (Fsp3) is 0.316. The highest BCUT2D eigenvalue weighted by atomic mass is 32.2. The highest BCUT2D eigenvalue weighted by molar-refractivity contribution is 7.89. The van der Waals surface area contributed by atoms with Crippen LogP contribution in [0, 0.1) is 0 Å². The van der Waals surface area contributed by atoms with Gasteiger partial charge in [-0.3, -0.25) is 4.79 Å². The van der Waals surface area contributed by atoms with Crippen LogP contribution in [0.5, 0.6) is 0 Å². The first-order chi connectivity index (χ1) is 11.8. The molecule has 0 radical (unpaired) electrons. The molecule has 0 aliphatic rings. The molecular weight excluding hydrogens is 336 g/mol. The van der Waals surface area contributed by atoms with Crippen LogP contribution < -0.4 is 4.72 Å². The maximum Gasteiger partial charge on any atom is 0.240 e. The first-order valence-electron chi connectivity index (χ1n) is 8.10. The SMILES string of the molecule is CC(=O)c1ccc(S(=O)(=O)NCC(Cc2ccccc2)N(C)C)cc1. The number of nitrogens with one attached hydrogen (secondary N) is 1. The van der Waals surface area contributed by atoms with Crippen molar-refractivity contribution in [2.45, 2.75) is 24.3 Å². The standard InChI is InChI=1S/C19H24N2O3S/c1-15(22)17-9-11-19(12-10-17)25(23,24)20-14-18(21(2)3)13-16-7-5-4-6-8-16/h4-12,18,20H,13-14H2,1-3H3. The molecule has 0 amide bonds. The molecule has 5 nitrogen and oxygen atoms in total. The van der Waals surface area contributed by atoms with Crippen molar-refractivity contribution in [1.82, 2.24) is 9.62 Å². The Hall–Kier alpha value is -2.02. The van der Waals surface area contributed by atoms with Gasteiger partial charge in [0.2, 0.25) is 10.0 Å². The Labute approximate surface area is 149 Å². The summed E-state index contributed by atoms with van der Waals surface area (Å²) in [4.78, 5) is 13.5. The molecule has 0 aliphatic heterocycles. The van der Waals surface area contributed by atoms with Crippen LogP contribution in [0.4, 0.5) is 0 Å². The van der Waals surface area contributed by atoms with Gasteiger partial charge in [0.15, 0.2) is 5.78 Å². The van der Waals surface area contributed by atoms with Crippen LogP contribution in [0.15, 0.2) is 59.5 Å². The van der Waals surface area contributed by atoms with E-state index in [2.05, 4.69) is 4.72 Å². The molecule has 0 fully saturated rings. The Morgan fingerprint density at radius 2 is 1.64 bits per heavy atom. The molecule has 1 unspecified atom stereocenters. The number of rotatable bonds is 8. The third kappa shape index (κ3) is 5.49. The van der Waals surface area contributed by atoms with E-state index in [1.54, 1.807) is 0 Å². The second-order valence-corrected chi connectivity index (χ2v) is 8.01. The molecule has 0 aliphatic carbocycles. The quantitative estimate of drug-likeness (QED) is 0.734. The Balaban J connectivity index is 2.06. The van der Waals surface area contributed by atoms with Crippen LogP contribution in [0.2, 0.25) is 0 Å². The van der Waals surface area contributed by atoms with E-state index in [-0.39, 0.29) is 16.7 Å². The van der Waals surface area contributed by atoms with Gasteiger partial charge in [-0.15, -0.1) is 0 Å². The molecule has 0 heterocycles. The molecular formula is C19H24N2O3S. The van der Waals surface area contributed by atoms with Gasteiger partial charge in [-0.05, 0) is 45.1 Å². The second-order valence-electron chi connectivity index (χ2n) is 6.24. The smallest absolute Gasteiger partial charge is 0.240 e. The number of carbonyl (C=O) groups excluding carboxylic acids is 1. The van der Waals surface area contributed by atoms with E-state index in [0.717, 1.165) is 12.0 Å². The van der Waals surface area contributed by atoms with Crippen LogP contribution in [0.25, 0.3) is 0 Å². The predicted octanol–water partition coefficient (Wildman–Crippen LogP) is 2.34. The number of Topliss-reactive ketones (excluding diaryl/α,β-unsaturated/α-hetero) is 1. The molecule has 2 aromatic rings. The zero-order valence-corrected chi connectivity index (χ0v) is 15.6.